The molecule has 0 amide bonds. The van der Waals surface area contributed by atoms with Gasteiger partial charge in [0.2, 0.25) is 0 Å². The smallest absolute Gasteiger partial charge is 0.313 e. The van der Waals surface area contributed by atoms with Gasteiger partial charge in [0, 0.05) is 15.4 Å². The minimum absolute atomic E-state index is 0.238. The summed E-state index contributed by atoms with van der Waals surface area (Å²) in [6.07, 6.45) is 5.50. The second-order valence-electron chi connectivity index (χ2n) is 5.88. The second kappa shape index (κ2) is 7.42. The number of esters is 1. The van der Waals surface area contributed by atoms with Crippen molar-refractivity contribution in [3.63, 3.8) is 0 Å². The summed E-state index contributed by atoms with van der Waals surface area (Å²) in [5.74, 6) is -0.846. The first-order valence-electron chi connectivity index (χ1n) is 8.08. The summed E-state index contributed by atoms with van der Waals surface area (Å²) < 4.78 is 34.4. The zero-order valence-corrected chi connectivity index (χ0v) is 16.7. The maximum atomic E-state index is 12.9. The minimum atomic E-state index is -3.77. The van der Waals surface area contributed by atoms with Crippen molar-refractivity contribution in [2.24, 2.45) is 5.92 Å². The molecule has 1 aliphatic rings. The van der Waals surface area contributed by atoms with E-state index in [0.29, 0.717) is 22.7 Å². The average molecular weight is 412 g/mol. The molecule has 0 spiro atoms. The number of ether oxygens (including phenoxy) is 1. The maximum absolute atomic E-state index is 12.9. The first kappa shape index (κ1) is 18.9. The van der Waals surface area contributed by atoms with E-state index < -0.39 is 15.9 Å². The highest BCUT2D eigenvalue weighted by molar-refractivity contribution is 7.92. The number of thiophene rings is 1. The summed E-state index contributed by atoms with van der Waals surface area (Å²) in [4.78, 5) is 11.9. The van der Waals surface area contributed by atoms with Gasteiger partial charge in [0.25, 0.3) is 10.0 Å². The summed E-state index contributed by atoms with van der Waals surface area (Å²) in [6.45, 7) is 3.79. The molecule has 3 rings (SSSR count). The lowest BCUT2D eigenvalue weighted by Gasteiger charge is -2.16. The molecule has 0 aliphatic heterocycles. The SMILES string of the molecule is CCOC(=O)C1C=C(NS(=O)(=O)c2sc3ccc(Cl)cc3c2C)C=CC1. The van der Waals surface area contributed by atoms with E-state index in [0.717, 1.165) is 10.1 Å². The van der Waals surface area contributed by atoms with Gasteiger partial charge in [-0.3, -0.25) is 9.52 Å². The Morgan fingerprint density at radius 3 is 2.92 bits per heavy atom. The van der Waals surface area contributed by atoms with Gasteiger partial charge in [0.05, 0.1) is 12.5 Å². The van der Waals surface area contributed by atoms with E-state index in [4.69, 9.17) is 16.3 Å². The number of carbonyl (C=O) groups is 1. The van der Waals surface area contributed by atoms with Crippen LogP contribution in [-0.2, 0) is 19.6 Å². The number of rotatable bonds is 5. The predicted molar refractivity (Wildman–Crippen MR) is 104 cm³/mol. The Balaban J connectivity index is 1.91. The van der Waals surface area contributed by atoms with Crippen LogP contribution in [0.4, 0.5) is 0 Å². The molecule has 1 unspecified atom stereocenters. The van der Waals surface area contributed by atoms with Crippen molar-refractivity contribution >= 4 is 49.0 Å². The molecular weight excluding hydrogens is 394 g/mol. The first-order valence-corrected chi connectivity index (χ1v) is 10.8. The second-order valence-corrected chi connectivity index (χ2v) is 9.25. The summed E-state index contributed by atoms with van der Waals surface area (Å²) in [5.41, 5.74) is 1.02. The number of hydrogen-bond acceptors (Lipinski definition) is 5. The molecule has 26 heavy (non-hydrogen) atoms. The normalized spacial score (nSPS) is 17.2. The molecule has 1 aliphatic carbocycles. The Hall–Kier alpha value is -1.83. The van der Waals surface area contributed by atoms with Gasteiger partial charge in [0.15, 0.2) is 0 Å². The minimum Gasteiger partial charge on any atom is -0.466 e. The Labute approximate surface area is 161 Å². The van der Waals surface area contributed by atoms with Crippen LogP contribution in [0.5, 0.6) is 0 Å². The van der Waals surface area contributed by atoms with Gasteiger partial charge in [-0.2, -0.15) is 0 Å². The van der Waals surface area contributed by atoms with Crippen molar-refractivity contribution in [3.8, 4) is 0 Å². The molecule has 138 valence electrons. The van der Waals surface area contributed by atoms with Gasteiger partial charge in [-0.25, -0.2) is 8.42 Å². The van der Waals surface area contributed by atoms with Crippen LogP contribution in [-0.4, -0.2) is 21.0 Å². The third-order valence-corrected chi connectivity index (χ3v) is 7.52. The maximum Gasteiger partial charge on any atom is 0.313 e. The van der Waals surface area contributed by atoms with Crippen molar-refractivity contribution in [1.82, 2.24) is 4.72 Å². The van der Waals surface area contributed by atoms with Crippen LogP contribution in [0.15, 0.2) is 46.3 Å². The van der Waals surface area contributed by atoms with Crippen molar-refractivity contribution < 1.29 is 17.9 Å². The molecular formula is C18H18ClNO4S2. The number of sulfonamides is 1. The molecule has 0 saturated heterocycles. The van der Waals surface area contributed by atoms with Gasteiger partial charge >= 0.3 is 5.97 Å². The highest BCUT2D eigenvalue weighted by Gasteiger charge is 2.25. The Kier molecular flexibility index (Phi) is 5.41. The van der Waals surface area contributed by atoms with E-state index in [1.165, 1.54) is 11.3 Å². The standard InChI is InChI=1S/C18H18ClNO4S2/c1-3-24-17(21)12-5-4-6-14(9-12)20-26(22,23)18-11(2)15-10-13(19)7-8-16(15)25-18/h4,6-10,12,20H,3,5H2,1-2H3. The lowest BCUT2D eigenvalue weighted by Crippen LogP contribution is -2.25. The number of halogens is 1. The quantitative estimate of drug-likeness (QED) is 0.749. The molecule has 2 aromatic rings. The van der Waals surface area contributed by atoms with E-state index >= 15 is 0 Å². The number of allylic oxidation sites excluding steroid dienone is 2. The Bertz CT molecular complexity index is 1020. The van der Waals surface area contributed by atoms with Crippen molar-refractivity contribution in [2.75, 3.05) is 6.61 Å². The molecule has 8 heteroatoms. The Morgan fingerprint density at radius 2 is 2.19 bits per heavy atom. The van der Waals surface area contributed by atoms with E-state index in [2.05, 4.69) is 4.72 Å². The molecule has 1 heterocycles. The van der Waals surface area contributed by atoms with Gasteiger partial charge < -0.3 is 4.74 Å². The number of nitrogens with one attached hydrogen (secondary N) is 1. The third kappa shape index (κ3) is 3.79. The summed E-state index contributed by atoms with van der Waals surface area (Å²) in [6, 6.07) is 5.31. The van der Waals surface area contributed by atoms with E-state index in [-0.39, 0.29) is 16.8 Å². The van der Waals surface area contributed by atoms with E-state index in [9.17, 15) is 13.2 Å². The molecule has 1 atom stereocenters. The van der Waals surface area contributed by atoms with Gasteiger partial charge in [-0.1, -0.05) is 17.7 Å². The molecule has 0 saturated carbocycles. The topological polar surface area (TPSA) is 72.5 Å². The predicted octanol–water partition coefficient (Wildman–Crippen LogP) is 4.16. The zero-order valence-electron chi connectivity index (χ0n) is 14.3. The van der Waals surface area contributed by atoms with Crippen molar-refractivity contribution in [1.29, 1.82) is 0 Å². The van der Waals surface area contributed by atoms with Crippen LogP contribution < -0.4 is 4.72 Å². The summed E-state index contributed by atoms with van der Waals surface area (Å²) in [5, 5.41) is 1.38. The monoisotopic (exact) mass is 411 g/mol. The highest BCUT2D eigenvalue weighted by atomic mass is 35.5. The fraction of sp³-hybridized carbons (Fsp3) is 0.278. The molecule has 0 bridgehead atoms. The average Bonchev–Trinajstić information content (AvgIpc) is 2.92. The lowest BCUT2D eigenvalue weighted by molar-refractivity contribution is -0.146. The number of benzene rings is 1. The van der Waals surface area contributed by atoms with E-state index in [1.54, 1.807) is 44.2 Å². The third-order valence-electron chi connectivity index (χ3n) is 4.01. The molecule has 0 radical (unpaired) electrons. The fourth-order valence-electron chi connectivity index (χ4n) is 2.79. The lowest BCUT2D eigenvalue weighted by atomic mass is 10.00. The highest BCUT2D eigenvalue weighted by Crippen LogP contribution is 2.35. The molecule has 1 aromatic heterocycles. The largest absolute Gasteiger partial charge is 0.466 e. The zero-order chi connectivity index (χ0) is 18.9. The van der Waals surface area contributed by atoms with Crippen molar-refractivity contribution in [2.45, 2.75) is 24.5 Å². The summed E-state index contributed by atoms with van der Waals surface area (Å²) in [7, 11) is -3.77. The van der Waals surface area contributed by atoms with E-state index in [1.807, 2.05) is 6.07 Å². The molecule has 5 nitrogen and oxygen atoms in total. The first-order chi connectivity index (χ1) is 12.3. The van der Waals surface area contributed by atoms with Gasteiger partial charge in [0.1, 0.15) is 4.21 Å². The van der Waals surface area contributed by atoms with Gasteiger partial charge in [-0.15, -0.1) is 11.3 Å². The fourth-order valence-corrected chi connectivity index (χ4v) is 5.77. The van der Waals surface area contributed by atoms with Crippen molar-refractivity contribution in [3.05, 3.63) is 52.7 Å². The Morgan fingerprint density at radius 1 is 1.42 bits per heavy atom. The van der Waals surface area contributed by atoms with Crippen LogP contribution in [0.2, 0.25) is 5.02 Å². The number of fused-ring (bicyclic) bond motifs is 1. The van der Waals surface area contributed by atoms with Crippen LogP contribution in [0.1, 0.15) is 18.9 Å². The van der Waals surface area contributed by atoms with Crippen LogP contribution in [0.3, 0.4) is 0 Å². The molecule has 1 N–H and O–H groups in total. The number of hydrogen-bond donors (Lipinski definition) is 1. The van der Waals surface area contributed by atoms with Gasteiger partial charge in [-0.05, 0) is 61.6 Å². The van der Waals surface area contributed by atoms with Crippen LogP contribution in [0.25, 0.3) is 10.1 Å². The number of aryl methyl sites for hydroxylation is 1. The van der Waals surface area contributed by atoms with Crippen LogP contribution in [0, 0.1) is 12.8 Å². The number of carbonyl (C=O) groups excluding carboxylic acids is 1. The summed E-state index contributed by atoms with van der Waals surface area (Å²) >= 11 is 7.21. The molecule has 0 fully saturated rings. The molecule has 1 aromatic carbocycles. The van der Waals surface area contributed by atoms with Crippen LogP contribution >= 0.6 is 22.9 Å².